The first-order valence-corrected chi connectivity index (χ1v) is 8.70. The molecule has 0 saturated carbocycles. The topological polar surface area (TPSA) is 75.5 Å². The van der Waals surface area contributed by atoms with E-state index in [4.69, 9.17) is 0 Å². The van der Waals surface area contributed by atoms with Gasteiger partial charge in [-0.05, 0) is 44.2 Å². The van der Waals surface area contributed by atoms with Gasteiger partial charge in [-0.15, -0.1) is 24.2 Å². The molecule has 0 spiro atoms. The number of nitro groups is 1. The molecular weight excluding hydrogens is 338 g/mol. The molecule has 1 aromatic rings. The van der Waals surface area contributed by atoms with Crippen LogP contribution in [-0.4, -0.2) is 47.2 Å². The molecular formula is C15H20ClN3O3S. The van der Waals surface area contributed by atoms with E-state index in [1.165, 1.54) is 17.8 Å². The van der Waals surface area contributed by atoms with Gasteiger partial charge in [-0.2, -0.15) is 0 Å². The van der Waals surface area contributed by atoms with Crippen molar-refractivity contribution in [1.29, 1.82) is 0 Å². The van der Waals surface area contributed by atoms with Gasteiger partial charge in [0.15, 0.2) is 0 Å². The van der Waals surface area contributed by atoms with Crippen molar-refractivity contribution in [3.05, 3.63) is 33.9 Å². The molecule has 2 bridgehead atoms. The second-order valence-corrected chi connectivity index (χ2v) is 6.58. The maximum absolute atomic E-state index is 12.9. The van der Waals surface area contributed by atoms with E-state index < -0.39 is 4.92 Å². The molecule has 2 saturated heterocycles. The van der Waals surface area contributed by atoms with Crippen LogP contribution in [0.3, 0.4) is 0 Å². The summed E-state index contributed by atoms with van der Waals surface area (Å²) in [4.78, 5) is 26.2. The summed E-state index contributed by atoms with van der Waals surface area (Å²) in [5.74, 6) is -0.0769. The Morgan fingerprint density at radius 3 is 2.78 bits per heavy atom. The number of nitro benzene ring substituents is 1. The first-order chi connectivity index (χ1) is 10.6. The molecule has 2 heterocycles. The van der Waals surface area contributed by atoms with Crippen molar-refractivity contribution in [3.8, 4) is 0 Å². The maximum atomic E-state index is 12.9. The molecule has 6 nitrogen and oxygen atoms in total. The van der Waals surface area contributed by atoms with Crippen LogP contribution in [0, 0.1) is 10.1 Å². The van der Waals surface area contributed by atoms with Crippen LogP contribution in [0.15, 0.2) is 23.1 Å². The lowest BCUT2D eigenvalue weighted by Gasteiger charge is -2.28. The first-order valence-electron chi connectivity index (χ1n) is 7.47. The van der Waals surface area contributed by atoms with Gasteiger partial charge in [0.1, 0.15) is 0 Å². The number of fused-ring (bicyclic) bond motifs is 2. The van der Waals surface area contributed by atoms with Gasteiger partial charge in [0, 0.05) is 30.3 Å². The van der Waals surface area contributed by atoms with Crippen molar-refractivity contribution < 1.29 is 9.72 Å². The van der Waals surface area contributed by atoms with Crippen LogP contribution in [0.1, 0.15) is 29.6 Å². The minimum atomic E-state index is -0.415. The fourth-order valence-electron chi connectivity index (χ4n) is 3.43. The zero-order chi connectivity index (χ0) is 15.7. The number of hydrogen-bond donors (Lipinski definition) is 1. The summed E-state index contributed by atoms with van der Waals surface area (Å²) >= 11 is 1.32. The van der Waals surface area contributed by atoms with Gasteiger partial charge in [-0.25, -0.2) is 0 Å². The summed E-state index contributed by atoms with van der Waals surface area (Å²) in [6, 6.07) is 5.27. The predicted octanol–water partition coefficient (Wildman–Crippen LogP) is 2.71. The van der Waals surface area contributed by atoms with Gasteiger partial charge in [-0.1, -0.05) is 0 Å². The molecule has 2 atom stereocenters. The Bertz CT molecular complexity index is 600. The van der Waals surface area contributed by atoms with E-state index >= 15 is 0 Å². The average Bonchev–Trinajstić information content (AvgIpc) is 2.78. The number of nitrogens with zero attached hydrogens (tertiary/aromatic N) is 2. The van der Waals surface area contributed by atoms with Crippen molar-refractivity contribution >= 4 is 35.8 Å². The second kappa shape index (κ2) is 7.51. The molecule has 0 aromatic heterocycles. The van der Waals surface area contributed by atoms with Crippen LogP contribution in [0.2, 0.25) is 0 Å². The molecule has 8 heteroatoms. The zero-order valence-electron chi connectivity index (χ0n) is 12.9. The molecule has 1 aromatic carbocycles. The number of carbonyl (C=O) groups is 1. The molecule has 0 radical (unpaired) electrons. The summed E-state index contributed by atoms with van der Waals surface area (Å²) in [5, 5.41) is 14.5. The van der Waals surface area contributed by atoms with Crippen LogP contribution in [-0.2, 0) is 0 Å². The largest absolute Gasteiger partial charge is 0.331 e. The third kappa shape index (κ3) is 3.46. The molecule has 1 amide bonds. The third-order valence-electron chi connectivity index (χ3n) is 4.51. The number of rotatable bonds is 3. The Labute approximate surface area is 145 Å². The van der Waals surface area contributed by atoms with Crippen LogP contribution < -0.4 is 5.32 Å². The van der Waals surface area contributed by atoms with Gasteiger partial charge in [0.05, 0.1) is 9.82 Å². The van der Waals surface area contributed by atoms with Gasteiger partial charge in [0.25, 0.3) is 11.6 Å². The standard InChI is InChI=1S/C15H19N3O3S.ClH/c1-22-14-5-2-10(8-13(14)18(20)21)15(19)17-11-3-4-12(17)9-16-7-6-11;/h2,5,8,11-12,16H,3-4,6-7,9H2,1H3;1H. The van der Waals surface area contributed by atoms with E-state index in [2.05, 4.69) is 5.32 Å². The molecule has 2 fully saturated rings. The van der Waals surface area contributed by atoms with Crippen molar-refractivity contribution in [2.24, 2.45) is 0 Å². The summed E-state index contributed by atoms with van der Waals surface area (Å²) in [7, 11) is 0. The number of benzene rings is 1. The van der Waals surface area contributed by atoms with Gasteiger partial charge >= 0.3 is 0 Å². The maximum Gasteiger partial charge on any atom is 0.283 e. The Balaban J connectivity index is 0.00000192. The first kappa shape index (κ1) is 18.0. The summed E-state index contributed by atoms with van der Waals surface area (Å²) in [5.41, 5.74) is 0.432. The van der Waals surface area contributed by atoms with E-state index in [0.29, 0.717) is 10.5 Å². The molecule has 23 heavy (non-hydrogen) atoms. The van der Waals surface area contributed by atoms with E-state index in [1.807, 2.05) is 4.90 Å². The highest BCUT2D eigenvalue weighted by Gasteiger charge is 2.38. The van der Waals surface area contributed by atoms with Crippen molar-refractivity contribution in [1.82, 2.24) is 10.2 Å². The normalized spacial score (nSPS) is 23.1. The molecule has 126 valence electrons. The molecule has 2 aliphatic rings. The highest BCUT2D eigenvalue weighted by atomic mass is 35.5. The number of halogens is 1. The second-order valence-electron chi connectivity index (χ2n) is 5.73. The number of nitrogens with one attached hydrogen (secondary N) is 1. The molecule has 2 unspecified atom stereocenters. The fourth-order valence-corrected chi connectivity index (χ4v) is 3.98. The number of thioether (sulfide) groups is 1. The number of hydrogen-bond acceptors (Lipinski definition) is 5. The lowest BCUT2D eigenvalue weighted by atomic mass is 10.1. The molecule has 2 aliphatic heterocycles. The van der Waals surface area contributed by atoms with Crippen molar-refractivity contribution in [3.63, 3.8) is 0 Å². The quantitative estimate of drug-likeness (QED) is 0.511. The van der Waals surface area contributed by atoms with Crippen LogP contribution in [0.5, 0.6) is 0 Å². The molecule has 0 aliphatic carbocycles. The van der Waals surface area contributed by atoms with Gasteiger partial charge in [-0.3, -0.25) is 14.9 Å². The van der Waals surface area contributed by atoms with E-state index in [1.54, 1.807) is 18.4 Å². The summed E-state index contributed by atoms with van der Waals surface area (Å²) < 4.78 is 0. The lowest BCUT2D eigenvalue weighted by molar-refractivity contribution is -0.387. The lowest BCUT2D eigenvalue weighted by Crippen LogP contribution is -2.42. The van der Waals surface area contributed by atoms with Crippen molar-refractivity contribution in [2.45, 2.75) is 36.2 Å². The smallest absolute Gasteiger partial charge is 0.283 e. The summed E-state index contributed by atoms with van der Waals surface area (Å²) in [6.07, 6.45) is 4.79. The van der Waals surface area contributed by atoms with E-state index in [0.717, 1.165) is 32.4 Å². The SMILES string of the molecule is CSc1ccc(C(=O)N2C3CCNCC2CC3)cc1[N+](=O)[O-].Cl. The van der Waals surface area contributed by atoms with Crippen LogP contribution >= 0.6 is 24.2 Å². The molecule has 3 rings (SSSR count). The van der Waals surface area contributed by atoms with Crippen LogP contribution in [0.4, 0.5) is 5.69 Å². The average molecular weight is 358 g/mol. The van der Waals surface area contributed by atoms with Crippen molar-refractivity contribution in [2.75, 3.05) is 19.3 Å². The summed E-state index contributed by atoms with van der Waals surface area (Å²) in [6.45, 7) is 1.74. The highest BCUT2D eigenvalue weighted by molar-refractivity contribution is 7.98. The molecule has 1 N–H and O–H groups in total. The third-order valence-corrected chi connectivity index (χ3v) is 5.30. The minimum Gasteiger partial charge on any atom is -0.331 e. The van der Waals surface area contributed by atoms with Crippen LogP contribution in [0.25, 0.3) is 0 Å². The number of carbonyl (C=O) groups excluding carboxylic acids is 1. The Kier molecular flexibility index (Phi) is 5.89. The zero-order valence-corrected chi connectivity index (χ0v) is 14.5. The Morgan fingerprint density at radius 1 is 1.35 bits per heavy atom. The highest BCUT2D eigenvalue weighted by Crippen LogP contribution is 2.32. The minimum absolute atomic E-state index is 0. The predicted molar refractivity (Wildman–Crippen MR) is 92.6 cm³/mol. The van der Waals surface area contributed by atoms with Gasteiger partial charge in [0.2, 0.25) is 0 Å². The van der Waals surface area contributed by atoms with E-state index in [9.17, 15) is 14.9 Å². The van der Waals surface area contributed by atoms with E-state index in [-0.39, 0.29) is 36.1 Å². The monoisotopic (exact) mass is 357 g/mol. The number of amides is 1. The Hall–Kier alpha value is -1.31. The van der Waals surface area contributed by atoms with Gasteiger partial charge < -0.3 is 10.2 Å². The Morgan fingerprint density at radius 2 is 2.09 bits per heavy atom. The fraction of sp³-hybridized carbons (Fsp3) is 0.533.